The van der Waals surface area contributed by atoms with Crippen molar-refractivity contribution < 1.29 is 0 Å². The van der Waals surface area contributed by atoms with E-state index in [2.05, 4.69) is 53.1 Å². The monoisotopic (exact) mass is 501 g/mol. The molecule has 194 valence electrons. The van der Waals surface area contributed by atoms with Gasteiger partial charge >= 0.3 is 0 Å². The predicted molar refractivity (Wildman–Crippen MR) is 144 cm³/mol. The number of aryl methyl sites for hydroxylation is 2. The highest BCUT2D eigenvalue weighted by Crippen LogP contribution is 2.34. The van der Waals surface area contributed by atoms with Crippen LogP contribution in [0.25, 0.3) is 22.2 Å². The molecule has 3 atom stereocenters. The Morgan fingerprint density at radius 3 is 2.68 bits per heavy atom. The molecule has 10 heteroatoms. The van der Waals surface area contributed by atoms with E-state index in [9.17, 15) is 10.1 Å². The number of imidazole rings is 1. The molecule has 1 saturated heterocycles. The average Bonchev–Trinajstić information content (AvgIpc) is 3.51. The number of rotatable bonds is 7. The molecule has 4 aromatic heterocycles. The van der Waals surface area contributed by atoms with E-state index in [0.29, 0.717) is 0 Å². The molecule has 1 fully saturated rings. The summed E-state index contributed by atoms with van der Waals surface area (Å²) in [4.78, 5) is 27.5. The summed E-state index contributed by atoms with van der Waals surface area (Å²) >= 11 is 0. The first-order chi connectivity index (χ1) is 17.9. The number of nitriles is 1. The molecular formula is C27H35N9O. The normalized spacial score (nSPS) is 19.5. The number of piperazine rings is 1. The van der Waals surface area contributed by atoms with Gasteiger partial charge in [0.05, 0.1) is 29.5 Å². The number of nitrogens with zero attached hydrogens (tertiary/aromatic N) is 9. The van der Waals surface area contributed by atoms with Gasteiger partial charge in [0, 0.05) is 51.0 Å². The lowest BCUT2D eigenvalue weighted by Crippen LogP contribution is -2.59. The van der Waals surface area contributed by atoms with Crippen LogP contribution in [0, 0.1) is 11.3 Å². The van der Waals surface area contributed by atoms with E-state index < -0.39 is 0 Å². The third-order valence-corrected chi connectivity index (χ3v) is 7.88. The molecule has 0 unspecified atom stereocenters. The fourth-order valence-corrected chi connectivity index (χ4v) is 5.82. The van der Waals surface area contributed by atoms with Gasteiger partial charge in [0.15, 0.2) is 5.65 Å². The van der Waals surface area contributed by atoms with Gasteiger partial charge in [0.25, 0.3) is 5.56 Å². The number of pyridine rings is 2. The molecule has 1 aliphatic rings. The Balaban J connectivity index is 1.53. The summed E-state index contributed by atoms with van der Waals surface area (Å²) < 4.78 is 5.46. The Kier molecular flexibility index (Phi) is 6.73. The van der Waals surface area contributed by atoms with Crippen LogP contribution in [0.4, 0.5) is 5.69 Å². The van der Waals surface area contributed by atoms with E-state index in [-0.39, 0.29) is 30.2 Å². The molecular weight excluding hydrogens is 466 g/mol. The van der Waals surface area contributed by atoms with Crippen molar-refractivity contribution in [1.29, 1.82) is 5.26 Å². The number of aromatic nitrogens is 6. The molecule has 0 aliphatic carbocycles. The zero-order chi connectivity index (χ0) is 26.3. The second-order valence-corrected chi connectivity index (χ2v) is 9.86. The third-order valence-electron chi connectivity index (χ3n) is 7.88. The van der Waals surface area contributed by atoms with Crippen molar-refractivity contribution in [3.05, 3.63) is 46.8 Å². The molecule has 5 rings (SSSR count). The number of fused-ring (bicyclic) bond motifs is 2. The van der Waals surface area contributed by atoms with E-state index in [1.54, 1.807) is 28.6 Å². The van der Waals surface area contributed by atoms with Crippen LogP contribution in [0.3, 0.4) is 0 Å². The average molecular weight is 502 g/mol. The highest BCUT2D eigenvalue weighted by atomic mass is 16.1. The zero-order valence-electron chi connectivity index (χ0n) is 22.3. The Labute approximate surface area is 216 Å². The maximum atomic E-state index is 12.9. The molecule has 37 heavy (non-hydrogen) atoms. The molecule has 5 heterocycles. The Morgan fingerprint density at radius 2 is 1.97 bits per heavy atom. The van der Waals surface area contributed by atoms with Crippen LogP contribution >= 0.6 is 0 Å². The van der Waals surface area contributed by atoms with E-state index in [1.165, 1.54) is 0 Å². The van der Waals surface area contributed by atoms with Crippen LogP contribution in [0.1, 0.15) is 52.4 Å². The first kappa shape index (κ1) is 25.0. The highest BCUT2D eigenvalue weighted by Gasteiger charge is 2.37. The fourth-order valence-electron chi connectivity index (χ4n) is 5.82. The summed E-state index contributed by atoms with van der Waals surface area (Å²) in [7, 11) is 1.76. The highest BCUT2D eigenvalue weighted by molar-refractivity contribution is 5.88. The minimum Gasteiger partial charge on any atom is -0.364 e. The number of hydrogen-bond acceptors (Lipinski definition) is 7. The van der Waals surface area contributed by atoms with Crippen molar-refractivity contribution in [2.45, 2.75) is 71.8 Å². The smallest absolute Gasteiger partial charge is 0.252 e. The van der Waals surface area contributed by atoms with Crippen LogP contribution in [0.2, 0.25) is 0 Å². The van der Waals surface area contributed by atoms with Crippen molar-refractivity contribution >= 4 is 27.9 Å². The van der Waals surface area contributed by atoms with Crippen molar-refractivity contribution in [2.75, 3.05) is 18.0 Å². The lowest BCUT2D eigenvalue weighted by molar-refractivity contribution is 0.0953. The molecule has 0 aromatic carbocycles. The number of hydrogen-bond donors (Lipinski definition) is 0. The Morgan fingerprint density at radius 1 is 1.19 bits per heavy atom. The first-order valence-electron chi connectivity index (χ1n) is 13.2. The minimum absolute atomic E-state index is 0.0677. The van der Waals surface area contributed by atoms with Gasteiger partial charge in [-0.05, 0) is 38.8 Å². The Hall–Kier alpha value is -3.71. The first-order valence-corrected chi connectivity index (χ1v) is 13.2. The Bertz CT molecular complexity index is 1520. The molecule has 4 aromatic rings. The maximum Gasteiger partial charge on any atom is 0.252 e. The van der Waals surface area contributed by atoms with Gasteiger partial charge in [-0.25, -0.2) is 9.97 Å². The maximum absolute atomic E-state index is 12.9. The summed E-state index contributed by atoms with van der Waals surface area (Å²) in [6.07, 6.45) is 5.53. The van der Waals surface area contributed by atoms with E-state index in [0.717, 1.165) is 66.2 Å². The van der Waals surface area contributed by atoms with Crippen molar-refractivity contribution in [3.8, 4) is 6.07 Å². The van der Waals surface area contributed by atoms with Crippen LogP contribution in [-0.4, -0.2) is 59.0 Å². The molecule has 0 radical (unpaired) electrons. The molecule has 1 aliphatic heterocycles. The van der Waals surface area contributed by atoms with Crippen molar-refractivity contribution in [3.63, 3.8) is 0 Å². The SMILES string of the molecule is CC[C@H]1CN([C@@H](C)c2nc3cccnc3n2CC)[C@H](CC)CN1c1cc(=O)n(C)c2cn(CC#N)nc12. The standard InChI is InChI=1S/C27H35N9O/c1-6-19-16-36(22-14-24(37)32(5)23-17-33(13-11-28)31-25(22)23)20(7-2)15-35(19)18(4)26-30-21-10-9-12-29-27(21)34(26)8-3/h9-10,12,14,17-20H,6-8,13,15-16H2,1-5H3/t18-,19+,20-/m0/s1. The zero-order valence-corrected chi connectivity index (χ0v) is 22.3. The third kappa shape index (κ3) is 4.17. The van der Waals surface area contributed by atoms with E-state index in [1.807, 2.05) is 18.3 Å². The van der Waals surface area contributed by atoms with Gasteiger partial charge in [-0.3, -0.25) is 14.4 Å². The summed E-state index contributed by atoms with van der Waals surface area (Å²) in [6.45, 7) is 11.4. The second kappa shape index (κ2) is 9.98. The van der Waals surface area contributed by atoms with Crippen molar-refractivity contribution in [2.24, 2.45) is 7.05 Å². The molecule has 0 amide bonds. The molecule has 0 spiro atoms. The van der Waals surface area contributed by atoms with E-state index >= 15 is 0 Å². The fraction of sp³-hybridized carbons (Fsp3) is 0.519. The predicted octanol–water partition coefficient (Wildman–Crippen LogP) is 3.46. The summed E-state index contributed by atoms with van der Waals surface area (Å²) in [6, 6.07) is 8.43. The van der Waals surface area contributed by atoms with Gasteiger partial charge in [-0.1, -0.05) is 13.8 Å². The van der Waals surface area contributed by atoms with Gasteiger partial charge in [-0.2, -0.15) is 10.4 Å². The van der Waals surface area contributed by atoms with Crippen LogP contribution in [0.5, 0.6) is 0 Å². The summed E-state index contributed by atoms with van der Waals surface area (Å²) in [5, 5.41) is 13.9. The summed E-state index contributed by atoms with van der Waals surface area (Å²) in [5.74, 6) is 1.05. The van der Waals surface area contributed by atoms with Gasteiger partial charge in [0.1, 0.15) is 23.4 Å². The number of anilines is 1. The van der Waals surface area contributed by atoms with Gasteiger partial charge in [-0.15, -0.1) is 0 Å². The molecule has 0 saturated carbocycles. The topological polar surface area (TPSA) is 101 Å². The van der Waals surface area contributed by atoms with Crippen LogP contribution in [0.15, 0.2) is 35.4 Å². The second-order valence-electron chi connectivity index (χ2n) is 9.86. The van der Waals surface area contributed by atoms with Crippen molar-refractivity contribution in [1.82, 2.24) is 33.8 Å². The lowest BCUT2D eigenvalue weighted by Gasteiger charge is -2.49. The molecule has 10 nitrogen and oxygen atoms in total. The van der Waals surface area contributed by atoms with Gasteiger partial charge < -0.3 is 14.0 Å². The minimum atomic E-state index is -0.0677. The van der Waals surface area contributed by atoms with Gasteiger partial charge in [0.2, 0.25) is 0 Å². The van der Waals surface area contributed by atoms with E-state index in [4.69, 9.17) is 10.1 Å². The molecule has 0 N–H and O–H groups in total. The van der Waals surface area contributed by atoms with Crippen LogP contribution < -0.4 is 10.5 Å². The molecule has 0 bridgehead atoms. The largest absolute Gasteiger partial charge is 0.364 e. The summed E-state index contributed by atoms with van der Waals surface area (Å²) in [5.41, 5.74) is 4.17. The lowest BCUT2D eigenvalue weighted by atomic mass is 9.99. The quantitative estimate of drug-likeness (QED) is 0.382. The van der Waals surface area contributed by atoms with Crippen LogP contribution in [-0.2, 0) is 20.1 Å².